The Labute approximate surface area is 125 Å². The summed E-state index contributed by atoms with van der Waals surface area (Å²) in [6, 6.07) is 0.0471. The lowest BCUT2D eigenvalue weighted by Crippen LogP contribution is -2.36. The molecule has 0 aromatic heterocycles. The van der Waals surface area contributed by atoms with Crippen molar-refractivity contribution in [2.75, 3.05) is 13.7 Å². The predicted octanol–water partition coefficient (Wildman–Crippen LogP) is 1.03. The fourth-order valence-electron chi connectivity index (χ4n) is 1.59. The highest BCUT2D eigenvalue weighted by atomic mass is 35.5. The van der Waals surface area contributed by atoms with Crippen LogP contribution in [0, 0.1) is 11.6 Å². The average molecular weight is 343 g/mol. The first-order valence-electron chi connectivity index (χ1n) is 5.59. The van der Waals surface area contributed by atoms with E-state index in [1.54, 1.807) is 6.92 Å². The van der Waals surface area contributed by atoms with Crippen molar-refractivity contribution < 1.29 is 26.7 Å². The number of sulfonamides is 1. The molecule has 1 rings (SSSR count). The van der Waals surface area contributed by atoms with Gasteiger partial charge >= 0.3 is 0 Å². The molecule has 0 bridgehead atoms. The van der Waals surface area contributed by atoms with Crippen LogP contribution in [0.15, 0.2) is 11.0 Å². The molecule has 0 aliphatic rings. The molecule has 0 aliphatic heterocycles. The first-order valence-corrected chi connectivity index (χ1v) is 7.52. The molecule has 6 nitrogen and oxygen atoms in total. The summed E-state index contributed by atoms with van der Waals surface area (Å²) in [5.74, 6) is -4.16. The normalized spacial score (nSPS) is 13.0. The fraction of sp³-hybridized carbons (Fsp3) is 0.364. The second-order valence-corrected chi connectivity index (χ2v) is 6.11. The molecule has 10 heteroatoms. The molecule has 21 heavy (non-hydrogen) atoms. The lowest BCUT2D eigenvalue weighted by atomic mass is 10.2. The number of amides is 1. The van der Waals surface area contributed by atoms with E-state index in [2.05, 4.69) is 5.32 Å². The largest absolute Gasteiger partial charge is 0.383 e. The second-order valence-electron chi connectivity index (χ2n) is 4.24. The van der Waals surface area contributed by atoms with Crippen LogP contribution in [0.5, 0.6) is 0 Å². The van der Waals surface area contributed by atoms with Crippen molar-refractivity contribution in [3.05, 3.63) is 28.3 Å². The molecule has 1 aromatic carbocycles. The van der Waals surface area contributed by atoms with E-state index in [0.717, 1.165) is 0 Å². The molecule has 0 aliphatic carbocycles. The minimum absolute atomic E-state index is 0.162. The van der Waals surface area contributed by atoms with Gasteiger partial charge in [0.1, 0.15) is 4.90 Å². The highest BCUT2D eigenvalue weighted by Crippen LogP contribution is 2.29. The molecule has 0 spiro atoms. The molecule has 0 heterocycles. The van der Waals surface area contributed by atoms with E-state index in [1.807, 2.05) is 0 Å². The fourth-order valence-corrected chi connectivity index (χ4v) is 2.84. The molecule has 0 radical (unpaired) electrons. The zero-order valence-corrected chi connectivity index (χ0v) is 12.7. The average Bonchev–Trinajstić information content (AvgIpc) is 2.32. The SMILES string of the molecule is COCC(C)NC(=O)c1cc(F)c(F)c(S(N)(=O)=O)c1Cl. The first kappa shape index (κ1) is 17.8. The highest BCUT2D eigenvalue weighted by molar-refractivity contribution is 7.89. The third kappa shape index (κ3) is 4.10. The van der Waals surface area contributed by atoms with Crippen LogP contribution in [-0.4, -0.2) is 34.1 Å². The van der Waals surface area contributed by atoms with Gasteiger partial charge in [-0.1, -0.05) is 11.6 Å². The third-order valence-electron chi connectivity index (χ3n) is 2.44. The van der Waals surface area contributed by atoms with Crippen LogP contribution in [0.25, 0.3) is 0 Å². The van der Waals surface area contributed by atoms with Gasteiger partial charge in [-0.15, -0.1) is 0 Å². The number of hydrogen-bond acceptors (Lipinski definition) is 4. The number of primary sulfonamides is 1. The van der Waals surface area contributed by atoms with Crippen molar-refractivity contribution in [2.45, 2.75) is 17.9 Å². The third-order valence-corrected chi connectivity index (χ3v) is 3.90. The number of halogens is 3. The summed E-state index contributed by atoms with van der Waals surface area (Å²) in [6.45, 7) is 1.75. The van der Waals surface area contributed by atoms with E-state index in [-0.39, 0.29) is 6.61 Å². The Morgan fingerprint density at radius 3 is 2.57 bits per heavy atom. The summed E-state index contributed by atoms with van der Waals surface area (Å²) >= 11 is 5.67. The Bertz CT molecular complexity index is 667. The molecular weight excluding hydrogens is 330 g/mol. The molecule has 3 N–H and O–H groups in total. The van der Waals surface area contributed by atoms with Crippen molar-refractivity contribution in [3.8, 4) is 0 Å². The second kappa shape index (κ2) is 6.65. The molecule has 118 valence electrons. The van der Waals surface area contributed by atoms with Gasteiger partial charge in [0.25, 0.3) is 5.91 Å². The number of carbonyl (C=O) groups excluding carboxylic acids is 1. The van der Waals surface area contributed by atoms with Crippen LogP contribution < -0.4 is 10.5 Å². The van der Waals surface area contributed by atoms with Crippen LogP contribution in [0.3, 0.4) is 0 Å². The van der Waals surface area contributed by atoms with E-state index in [4.69, 9.17) is 21.5 Å². The maximum absolute atomic E-state index is 13.5. The van der Waals surface area contributed by atoms with E-state index in [0.29, 0.717) is 6.07 Å². The molecule has 1 unspecified atom stereocenters. The lowest BCUT2D eigenvalue weighted by Gasteiger charge is -2.15. The lowest BCUT2D eigenvalue weighted by molar-refractivity contribution is 0.0905. The van der Waals surface area contributed by atoms with Crippen molar-refractivity contribution in [1.82, 2.24) is 5.32 Å². The van der Waals surface area contributed by atoms with Crippen LogP contribution >= 0.6 is 11.6 Å². The number of methoxy groups -OCH3 is 1. The minimum Gasteiger partial charge on any atom is -0.383 e. The molecule has 1 amide bonds. The van der Waals surface area contributed by atoms with E-state index in [1.165, 1.54) is 7.11 Å². The number of benzene rings is 1. The topological polar surface area (TPSA) is 98.5 Å². The van der Waals surface area contributed by atoms with Gasteiger partial charge in [0.05, 0.1) is 17.2 Å². The molecule has 0 saturated heterocycles. The van der Waals surface area contributed by atoms with Gasteiger partial charge in [-0.25, -0.2) is 22.3 Å². The van der Waals surface area contributed by atoms with Gasteiger partial charge in [-0.05, 0) is 13.0 Å². The monoisotopic (exact) mass is 342 g/mol. The summed E-state index contributed by atoms with van der Waals surface area (Å²) in [7, 11) is -3.22. The quantitative estimate of drug-likeness (QED) is 0.781. The van der Waals surface area contributed by atoms with Crippen molar-refractivity contribution in [2.24, 2.45) is 5.14 Å². The Morgan fingerprint density at radius 1 is 1.52 bits per heavy atom. The number of ether oxygens (including phenoxy) is 1. The number of rotatable bonds is 5. The molecular formula is C11H13ClF2N2O4S. The Morgan fingerprint density at radius 2 is 2.10 bits per heavy atom. The van der Waals surface area contributed by atoms with E-state index in [9.17, 15) is 22.0 Å². The Balaban J connectivity index is 3.33. The zero-order valence-electron chi connectivity index (χ0n) is 11.1. The van der Waals surface area contributed by atoms with E-state index >= 15 is 0 Å². The van der Waals surface area contributed by atoms with Crippen molar-refractivity contribution in [3.63, 3.8) is 0 Å². The van der Waals surface area contributed by atoms with Gasteiger partial charge < -0.3 is 10.1 Å². The van der Waals surface area contributed by atoms with Gasteiger partial charge in [-0.2, -0.15) is 0 Å². The van der Waals surface area contributed by atoms with Crippen LogP contribution in [0.1, 0.15) is 17.3 Å². The number of nitrogens with one attached hydrogen (secondary N) is 1. The summed E-state index contributed by atoms with van der Waals surface area (Å²) in [4.78, 5) is 10.7. The van der Waals surface area contributed by atoms with Gasteiger partial charge in [0, 0.05) is 13.2 Å². The van der Waals surface area contributed by atoms with E-state index < -0.39 is 49.1 Å². The number of hydrogen-bond donors (Lipinski definition) is 2. The molecule has 1 atom stereocenters. The smallest absolute Gasteiger partial charge is 0.253 e. The molecule has 0 fully saturated rings. The molecule has 0 saturated carbocycles. The Kier molecular flexibility index (Phi) is 5.62. The van der Waals surface area contributed by atoms with Crippen molar-refractivity contribution in [1.29, 1.82) is 0 Å². The zero-order chi connectivity index (χ0) is 16.4. The molecule has 1 aromatic rings. The first-order chi connectivity index (χ1) is 9.59. The minimum atomic E-state index is -4.63. The maximum Gasteiger partial charge on any atom is 0.253 e. The summed E-state index contributed by atoms with van der Waals surface area (Å²) in [6.07, 6.45) is 0. The predicted molar refractivity (Wildman–Crippen MR) is 71.5 cm³/mol. The maximum atomic E-state index is 13.5. The summed E-state index contributed by atoms with van der Waals surface area (Å²) in [5.41, 5.74) is -0.539. The van der Waals surface area contributed by atoms with Gasteiger partial charge in [0.2, 0.25) is 10.0 Å². The van der Waals surface area contributed by atoms with Gasteiger partial charge in [-0.3, -0.25) is 4.79 Å². The standard InChI is InChI=1S/C11H13ClF2N2O4S/c1-5(4-20-2)16-11(17)6-3-7(13)9(14)10(8(6)12)21(15,18)19/h3,5H,4H2,1-2H3,(H,16,17)(H2,15,18,19). The van der Waals surface area contributed by atoms with Crippen molar-refractivity contribution >= 4 is 27.5 Å². The van der Waals surface area contributed by atoms with Crippen LogP contribution in [0.4, 0.5) is 8.78 Å². The Hall–Kier alpha value is -1.29. The van der Waals surface area contributed by atoms with Gasteiger partial charge in [0.15, 0.2) is 11.6 Å². The van der Waals surface area contributed by atoms with Crippen LogP contribution in [-0.2, 0) is 14.8 Å². The highest BCUT2D eigenvalue weighted by Gasteiger charge is 2.28. The summed E-state index contributed by atoms with van der Waals surface area (Å²) in [5, 5.41) is 6.39. The number of nitrogens with two attached hydrogens (primary N) is 1. The van der Waals surface area contributed by atoms with Crippen LogP contribution in [0.2, 0.25) is 5.02 Å². The number of carbonyl (C=O) groups is 1. The summed E-state index contributed by atoms with van der Waals surface area (Å²) < 4.78 is 54.3.